The van der Waals surface area contributed by atoms with Crippen LogP contribution in [0.15, 0.2) is 35.7 Å². The Kier molecular flexibility index (Phi) is 3.47. The molecule has 0 amide bonds. The van der Waals surface area contributed by atoms with Crippen LogP contribution in [0.2, 0.25) is 0 Å². The Morgan fingerprint density at radius 1 is 1.31 bits per heavy atom. The third-order valence-corrected chi connectivity index (χ3v) is 3.18. The molecule has 1 aromatic heterocycles. The molecule has 0 spiro atoms. The highest BCUT2D eigenvalue weighted by Crippen LogP contribution is 2.15. The van der Waals surface area contributed by atoms with Crippen molar-refractivity contribution >= 4 is 17.1 Å². The molecule has 0 unspecified atom stereocenters. The molecule has 0 aliphatic carbocycles. The first-order valence-electron chi connectivity index (χ1n) is 5.35. The molecule has 0 aliphatic heterocycles. The van der Waals surface area contributed by atoms with Gasteiger partial charge in [-0.25, -0.2) is 4.98 Å². The van der Waals surface area contributed by atoms with E-state index in [9.17, 15) is 4.79 Å². The van der Waals surface area contributed by atoms with E-state index in [0.29, 0.717) is 10.6 Å². The number of benzene rings is 1. The third-order valence-electron chi connectivity index (χ3n) is 2.29. The maximum absolute atomic E-state index is 12.0. The van der Waals surface area contributed by atoms with Crippen LogP contribution in [0.3, 0.4) is 0 Å². The third kappa shape index (κ3) is 2.36. The molecule has 1 heterocycles. The van der Waals surface area contributed by atoms with Crippen molar-refractivity contribution in [1.29, 1.82) is 0 Å². The summed E-state index contributed by atoms with van der Waals surface area (Å²) in [6.07, 6.45) is 2.00. The second-order valence-corrected chi connectivity index (χ2v) is 4.45. The number of hydrogen-bond acceptors (Lipinski definition) is 3. The van der Waals surface area contributed by atoms with Crippen LogP contribution >= 0.6 is 11.3 Å². The first kappa shape index (κ1) is 11.0. The first-order valence-corrected chi connectivity index (χ1v) is 6.23. The first-order chi connectivity index (χ1) is 7.81. The van der Waals surface area contributed by atoms with Gasteiger partial charge < -0.3 is 0 Å². The second kappa shape index (κ2) is 5.03. The maximum Gasteiger partial charge on any atom is 0.221 e. The monoisotopic (exact) mass is 231 g/mol. The van der Waals surface area contributed by atoms with Gasteiger partial charge in [0.2, 0.25) is 5.78 Å². The lowest BCUT2D eigenvalue weighted by molar-refractivity contribution is 0.103. The zero-order valence-electron chi connectivity index (χ0n) is 9.14. The minimum absolute atomic E-state index is 0.0213. The molecule has 2 nitrogen and oxygen atoms in total. The van der Waals surface area contributed by atoms with Gasteiger partial charge in [-0.05, 0) is 6.42 Å². The zero-order chi connectivity index (χ0) is 11.4. The van der Waals surface area contributed by atoms with Crippen molar-refractivity contribution < 1.29 is 4.79 Å². The highest BCUT2D eigenvalue weighted by molar-refractivity contribution is 7.12. The van der Waals surface area contributed by atoms with Gasteiger partial charge in [0, 0.05) is 10.9 Å². The van der Waals surface area contributed by atoms with Crippen molar-refractivity contribution in [3.63, 3.8) is 0 Å². The summed E-state index contributed by atoms with van der Waals surface area (Å²) in [6, 6.07) is 9.29. The average molecular weight is 231 g/mol. The molecule has 16 heavy (non-hydrogen) atoms. The van der Waals surface area contributed by atoms with Crippen LogP contribution in [-0.4, -0.2) is 10.8 Å². The zero-order valence-corrected chi connectivity index (χ0v) is 9.96. The van der Waals surface area contributed by atoms with Gasteiger partial charge in [0.25, 0.3) is 0 Å². The van der Waals surface area contributed by atoms with E-state index in [-0.39, 0.29) is 5.78 Å². The summed E-state index contributed by atoms with van der Waals surface area (Å²) in [6.45, 7) is 2.11. The highest BCUT2D eigenvalue weighted by Gasteiger charge is 2.12. The SMILES string of the molecule is CCCc1csc(C(=O)c2ccccc2)n1. The van der Waals surface area contributed by atoms with E-state index >= 15 is 0 Å². The number of carbonyl (C=O) groups excluding carboxylic acids is 1. The van der Waals surface area contributed by atoms with Crippen LogP contribution in [0.1, 0.15) is 34.4 Å². The van der Waals surface area contributed by atoms with Gasteiger partial charge >= 0.3 is 0 Å². The molecule has 1 aromatic carbocycles. The average Bonchev–Trinajstić information content (AvgIpc) is 2.78. The van der Waals surface area contributed by atoms with E-state index < -0.39 is 0 Å². The van der Waals surface area contributed by atoms with Gasteiger partial charge in [-0.3, -0.25) is 4.79 Å². The minimum atomic E-state index is 0.0213. The molecule has 0 saturated carbocycles. The summed E-state index contributed by atoms with van der Waals surface area (Å²) in [4.78, 5) is 16.4. The number of hydrogen-bond donors (Lipinski definition) is 0. The van der Waals surface area contributed by atoms with Crippen molar-refractivity contribution in [2.45, 2.75) is 19.8 Å². The fourth-order valence-corrected chi connectivity index (χ4v) is 2.31. The molecule has 0 atom stereocenters. The number of thiazole rings is 1. The number of ketones is 1. The topological polar surface area (TPSA) is 30.0 Å². The highest BCUT2D eigenvalue weighted by atomic mass is 32.1. The van der Waals surface area contributed by atoms with Gasteiger partial charge in [-0.15, -0.1) is 11.3 Å². The van der Waals surface area contributed by atoms with Crippen molar-refractivity contribution in [2.24, 2.45) is 0 Å². The number of nitrogens with zero attached hydrogens (tertiary/aromatic N) is 1. The molecule has 0 radical (unpaired) electrons. The van der Waals surface area contributed by atoms with Crippen LogP contribution in [0, 0.1) is 0 Å². The van der Waals surface area contributed by atoms with Crippen molar-refractivity contribution in [2.75, 3.05) is 0 Å². The summed E-state index contributed by atoms with van der Waals surface area (Å²) in [5, 5.41) is 2.56. The Labute approximate surface area is 99.0 Å². The fraction of sp³-hybridized carbons (Fsp3) is 0.231. The summed E-state index contributed by atoms with van der Waals surface area (Å²) in [5.41, 5.74) is 1.73. The second-order valence-electron chi connectivity index (χ2n) is 3.59. The number of rotatable bonds is 4. The van der Waals surface area contributed by atoms with E-state index in [2.05, 4.69) is 11.9 Å². The van der Waals surface area contributed by atoms with Crippen LogP contribution < -0.4 is 0 Å². The number of aryl methyl sites for hydroxylation is 1. The van der Waals surface area contributed by atoms with Crippen LogP contribution in [-0.2, 0) is 6.42 Å². The molecule has 82 valence electrons. The Hall–Kier alpha value is -1.48. The summed E-state index contributed by atoms with van der Waals surface area (Å²) >= 11 is 1.43. The van der Waals surface area contributed by atoms with E-state index in [1.807, 2.05) is 35.7 Å². The van der Waals surface area contributed by atoms with Gasteiger partial charge in [0.1, 0.15) is 0 Å². The van der Waals surface area contributed by atoms with E-state index in [0.717, 1.165) is 18.5 Å². The quantitative estimate of drug-likeness (QED) is 0.755. The number of carbonyl (C=O) groups is 1. The fourth-order valence-electron chi connectivity index (χ4n) is 1.50. The standard InChI is InChI=1S/C13H13NOS/c1-2-6-11-9-16-13(14-11)12(15)10-7-4-3-5-8-10/h3-5,7-9H,2,6H2,1H3. The molecule has 0 aliphatic rings. The molecule has 0 fully saturated rings. The van der Waals surface area contributed by atoms with Crippen molar-refractivity contribution in [3.05, 3.63) is 52.0 Å². The maximum atomic E-state index is 12.0. The minimum Gasteiger partial charge on any atom is -0.286 e. The van der Waals surface area contributed by atoms with Gasteiger partial charge in [0.15, 0.2) is 5.01 Å². The lowest BCUT2D eigenvalue weighted by Crippen LogP contribution is -2.00. The predicted molar refractivity (Wildman–Crippen MR) is 66.0 cm³/mol. The van der Waals surface area contributed by atoms with E-state index in [4.69, 9.17) is 0 Å². The van der Waals surface area contributed by atoms with Crippen molar-refractivity contribution in [1.82, 2.24) is 4.98 Å². The van der Waals surface area contributed by atoms with Gasteiger partial charge in [-0.1, -0.05) is 43.7 Å². The van der Waals surface area contributed by atoms with E-state index in [1.165, 1.54) is 11.3 Å². The number of aromatic nitrogens is 1. The Morgan fingerprint density at radius 2 is 2.06 bits per heavy atom. The summed E-state index contributed by atoms with van der Waals surface area (Å²) < 4.78 is 0. The normalized spacial score (nSPS) is 10.3. The molecule has 0 saturated heterocycles. The van der Waals surface area contributed by atoms with Crippen molar-refractivity contribution in [3.8, 4) is 0 Å². The van der Waals surface area contributed by atoms with Crippen LogP contribution in [0.4, 0.5) is 0 Å². The van der Waals surface area contributed by atoms with Crippen LogP contribution in [0.5, 0.6) is 0 Å². The largest absolute Gasteiger partial charge is 0.286 e. The lowest BCUT2D eigenvalue weighted by atomic mass is 10.1. The predicted octanol–water partition coefficient (Wildman–Crippen LogP) is 3.33. The lowest BCUT2D eigenvalue weighted by Gasteiger charge is -1.95. The van der Waals surface area contributed by atoms with Gasteiger partial charge in [0.05, 0.1) is 5.69 Å². The van der Waals surface area contributed by atoms with Crippen LogP contribution in [0.25, 0.3) is 0 Å². The van der Waals surface area contributed by atoms with E-state index in [1.54, 1.807) is 0 Å². The Balaban J connectivity index is 2.21. The summed E-state index contributed by atoms with van der Waals surface area (Å²) in [5.74, 6) is 0.0213. The summed E-state index contributed by atoms with van der Waals surface area (Å²) in [7, 11) is 0. The molecule has 2 rings (SSSR count). The molecule has 0 bridgehead atoms. The van der Waals surface area contributed by atoms with Gasteiger partial charge in [-0.2, -0.15) is 0 Å². The Bertz CT molecular complexity index is 476. The smallest absolute Gasteiger partial charge is 0.221 e. The Morgan fingerprint density at radius 3 is 2.75 bits per heavy atom. The molecule has 3 heteroatoms. The molecule has 2 aromatic rings. The molecular weight excluding hydrogens is 218 g/mol. The molecule has 0 N–H and O–H groups in total. The molecular formula is C13H13NOS.